The van der Waals surface area contributed by atoms with Gasteiger partial charge in [-0.1, -0.05) is 42.5 Å². The van der Waals surface area contributed by atoms with Gasteiger partial charge in [0.15, 0.2) is 5.16 Å². The molecule has 0 aliphatic carbocycles. The Morgan fingerprint density at radius 3 is 2.88 bits per heavy atom. The van der Waals surface area contributed by atoms with Crippen LogP contribution in [0.5, 0.6) is 0 Å². The third kappa shape index (κ3) is 4.04. The lowest BCUT2D eigenvalue weighted by molar-refractivity contribution is -0.118. The molecule has 1 N–H and O–H groups in total. The fraction of sp³-hybridized carbons (Fsp3) is 0.316. The molecule has 0 bridgehead atoms. The van der Waals surface area contributed by atoms with Gasteiger partial charge in [0.2, 0.25) is 5.91 Å². The van der Waals surface area contributed by atoms with Gasteiger partial charge in [-0.3, -0.25) is 14.2 Å². The lowest BCUT2D eigenvalue weighted by atomic mass is 10.2. The van der Waals surface area contributed by atoms with Crippen LogP contribution in [0.15, 0.2) is 51.8 Å². The number of hydrogen-bond acceptors (Lipinski definition) is 5. The first-order valence-electron chi connectivity index (χ1n) is 8.39. The van der Waals surface area contributed by atoms with Gasteiger partial charge in [0.25, 0.3) is 5.56 Å². The van der Waals surface area contributed by atoms with Crippen LogP contribution in [0.1, 0.15) is 18.2 Å². The Morgan fingerprint density at radius 1 is 1.46 bits per heavy atom. The largest absolute Gasteiger partial charge is 0.352 e. The summed E-state index contributed by atoms with van der Waals surface area (Å²) in [4.78, 5) is 30.5. The summed E-state index contributed by atoms with van der Waals surface area (Å²) in [6.07, 6.45) is 2.41. The Bertz CT molecular complexity index is 891. The molecule has 0 radical (unpaired) electrons. The lowest BCUT2D eigenvalue weighted by Crippen LogP contribution is -2.27. The molecule has 136 valence electrons. The Hall–Kier alpha value is -1.99. The van der Waals surface area contributed by atoms with Crippen LogP contribution in [0, 0.1) is 6.92 Å². The second-order valence-electron chi connectivity index (χ2n) is 6.16. The Morgan fingerprint density at radius 2 is 2.19 bits per heavy atom. The quantitative estimate of drug-likeness (QED) is 0.469. The standard InChI is InChI=1S/C19H21N3O2S2/c1-4-9-20-16(23)11-25-19-21-15-10-13(3)26-17(15)18(24)22(19)14-7-5-12(2)6-8-14/h4-8,13H,1,9-11H2,2-3H3,(H,20,23). The summed E-state index contributed by atoms with van der Waals surface area (Å²) in [5.41, 5.74) is 2.68. The molecule has 1 unspecified atom stereocenters. The minimum atomic E-state index is -0.108. The predicted octanol–water partition coefficient (Wildman–Crippen LogP) is 2.97. The fourth-order valence-electron chi connectivity index (χ4n) is 2.69. The molecule has 0 saturated heterocycles. The molecular weight excluding hydrogens is 366 g/mol. The van der Waals surface area contributed by atoms with Gasteiger partial charge in [-0.25, -0.2) is 4.98 Å². The number of hydrogen-bond donors (Lipinski definition) is 1. The Labute approximate surface area is 161 Å². The van der Waals surface area contributed by atoms with E-state index in [0.717, 1.165) is 28.3 Å². The van der Waals surface area contributed by atoms with Crippen molar-refractivity contribution in [3.63, 3.8) is 0 Å². The monoisotopic (exact) mass is 387 g/mol. The molecule has 0 spiro atoms. The SMILES string of the molecule is C=CCNC(=O)CSc1nc2c(c(=O)n1-c1ccc(C)cc1)SC(C)C2. The summed E-state index contributed by atoms with van der Waals surface area (Å²) >= 11 is 2.86. The lowest BCUT2D eigenvalue weighted by Gasteiger charge is -2.13. The van der Waals surface area contributed by atoms with Gasteiger partial charge < -0.3 is 5.32 Å². The van der Waals surface area contributed by atoms with E-state index in [2.05, 4.69) is 18.8 Å². The highest BCUT2D eigenvalue weighted by molar-refractivity contribution is 8.00. The molecule has 2 aromatic rings. The summed E-state index contributed by atoms with van der Waals surface area (Å²) in [6, 6.07) is 7.76. The van der Waals surface area contributed by atoms with E-state index in [1.807, 2.05) is 31.2 Å². The van der Waals surface area contributed by atoms with Crippen LogP contribution in [0.4, 0.5) is 0 Å². The number of carbonyl (C=O) groups is 1. The molecule has 1 atom stereocenters. The summed E-state index contributed by atoms with van der Waals surface area (Å²) in [5, 5.41) is 3.64. The van der Waals surface area contributed by atoms with E-state index < -0.39 is 0 Å². The normalized spacial score (nSPS) is 15.5. The van der Waals surface area contributed by atoms with Gasteiger partial charge in [0.05, 0.1) is 22.0 Å². The van der Waals surface area contributed by atoms with Gasteiger partial charge in [-0.2, -0.15) is 0 Å². The van der Waals surface area contributed by atoms with Crippen LogP contribution in [-0.2, 0) is 11.2 Å². The topological polar surface area (TPSA) is 64.0 Å². The molecule has 5 nitrogen and oxygen atoms in total. The molecule has 1 aromatic carbocycles. The van der Waals surface area contributed by atoms with Crippen molar-refractivity contribution in [1.29, 1.82) is 0 Å². The first-order valence-corrected chi connectivity index (χ1v) is 10.3. The van der Waals surface area contributed by atoms with Crippen molar-refractivity contribution in [3.05, 3.63) is 58.5 Å². The highest BCUT2D eigenvalue weighted by Crippen LogP contribution is 2.34. The maximum absolute atomic E-state index is 13.1. The average molecular weight is 388 g/mol. The van der Waals surface area contributed by atoms with Gasteiger partial charge in [-0.15, -0.1) is 18.3 Å². The van der Waals surface area contributed by atoms with Crippen LogP contribution >= 0.6 is 23.5 Å². The summed E-state index contributed by atoms with van der Waals surface area (Å²) in [5.74, 6) is 0.0935. The molecule has 0 saturated carbocycles. The van der Waals surface area contributed by atoms with Crippen molar-refractivity contribution in [2.24, 2.45) is 0 Å². The number of aryl methyl sites for hydroxylation is 1. The molecule has 1 aliphatic rings. The highest BCUT2D eigenvalue weighted by Gasteiger charge is 2.27. The number of fused-ring (bicyclic) bond motifs is 1. The van der Waals surface area contributed by atoms with Crippen LogP contribution in [-0.4, -0.2) is 33.0 Å². The van der Waals surface area contributed by atoms with Crippen molar-refractivity contribution in [2.75, 3.05) is 12.3 Å². The number of aromatic nitrogens is 2. The molecule has 1 amide bonds. The molecule has 0 fully saturated rings. The third-order valence-corrected chi connectivity index (χ3v) is 6.10. The Balaban J connectivity index is 1.99. The molecule has 1 aliphatic heterocycles. The summed E-state index contributed by atoms with van der Waals surface area (Å²) in [7, 11) is 0. The average Bonchev–Trinajstić information content (AvgIpc) is 3.00. The molecule has 3 rings (SSSR count). The van der Waals surface area contributed by atoms with E-state index in [9.17, 15) is 9.59 Å². The maximum atomic E-state index is 13.1. The third-order valence-electron chi connectivity index (χ3n) is 3.95. The van der Waals surface area contributed by atoms with E-state index in [1.165, 1.54) is 11.8 Å². The fourth-order valence-corrected chi connectivity index (χ4v) is 4.64. The summed E-state index contributed by atoms with van der Waals surface area (Å²) < 4.78 is 1.62. The van der Waals surface area contributed by atoms with Crippen molar-refractivity contribution in [1.82, 2.24) is 14.9 Å². The van der Waals surface area contributed by atoms with E-state index in [0.29, 0.717) is 17.0 Å². The highest BCUT2D eigenvalue weighted by atomic mass is 32.2. The first kappa shape index (κ1) is 18.8. The molecule has 1 aromatic heterocycles. The van der Waals surface area contributed by atoms with Crippen molar-refractivity contribution >= 4 is 29.4 Å². The van der Waals surface area contributed by atoms with E-state index in [4.69, 9.17) is 4.98 Å². The second-order valence-corrected chi connectivity index (χ2v) is 8.55. The summed E-state index contributed by atoms with van der Waals surface area (Å²) in [6.45, 7) is 8.11. The number of benzene rings is 1. The zero-order valence-electron chi connectivity index (χ0n) is 14.8. The van der Waals surface area contributed by atoms with Crippen LogP contribution < -0.4 is 10.9 Å². The smallest absolute Gasteiger partial charge is 0.272 e. The van der Waals surface area contributed by atoms with Crippen LogP contribution in [0.25, 0.3) is 5.69 Å². The molecular formula is C19H21N3O2S2. The predicted molar refractivity (Wildman–Crippen MR) is 108 cm³/mol. The van der Waals surface area contributed by atoms with Crippen LogP contribution in [0.3, 0.4) is 0 Å². The van der Waals surface area contributed by atoms with Crippen molar-refractivity contribution in [2.45, 2.75) is 35.6 Å². The van der Waals surface area contributed by atoms with Gasteiger partial charge in [-0.05, 0) is 19.1 Å². The number of amides is 1. The zero-order chi connectivity index (χ0) is 18.7. The zero-order valence-corrected chi connectivity index (χ0v) is 16.5. The van der Waals surface area contributed by atoms with Gasteiger partial charge >= 0.3 is 0 Å². The van der Waals surface area contributed by atoms with Gasteiger partial charge in [0.1, 0.15) is 0 Å². The number of carbonyl (C=O) groups excluding carboxylic acids is 1. The van der Waals surface area contributed by atoms with E-state index in [-0.39, 0.29) is 17.2 Å². The van der Waals surface area contributed by atoms with Crippen LogP contribution in [0.2, 0.25) is 0 Å². The molecule has 2 heterocycles. The molecule has 7 heteroatoms. The first-order chi connectivity index (χ1) is 12.5. The number of rotatable bonds is 6. The molecule has 26 heavy (non-hydrogen) atoms. The van der Waals surface area contributed by atoms with E-state index in [1.54, 1.807) is 22.4 Å². The number of nitrogens with zero attached hydrogens (tertiary/aromatic N) is 2. The second kappa shape index (κ2) is 8.14. The van der Waals surface area contributed by atoms with Crippen molar-refractivity contribution in [3.8, 4) is 5.69 Å². The van der Waals surface area contributed by atoms with E-state index >= 15 is 0 Å². The maximum Gasteiger partial charge on any atom is 0.272 e. The number of nitrogens with one attached hydrogen (secondary N) is 1. The van der Waals surface area contributed by atoms with Crippen molar-refractivity contribution < 1.29 is 4.79 Å². The minimum absolute atomic E-state index is 0.0535. The number of thioether (sulfide) groups is 2. The minimum Gasteiger partial charge on any atom is -0.352 e. The van der Waals surface area contributed by atoms with Gasteiger partial charge in [0, 0.05) is 18.2 Å². The Kier molecular flexibility index (Phi) is 5.88.